The van der Waals surface area contributed by atoms with E-state index in [1.54, 1.807) is 6.92 Å². The first-order chi connectivity index (χ1) is 23.7. The molecule has 1 saturated heterocycles. The molecule has 3 aromatic carbocycles. The normalized spacial score (nSPS) is 13.7. The zero-order chi connectivity index (χ0) is 35.2. The predicted octanol–water partition coefficient (Wildman–Crippen LogP) is 8.81. The second kappa shape index (κ2) is 19.5. The Hall–Kier alpha value is -3.70. The van der Waals surface area contributed by atoms with Gasteiger partial charge in [0, 0.05) is 61.2 Å². The van der Waals surface area contributed by atoms with Crippen molar-refractivity contribution in [2.45, 2.75) is 46.7 Å². The lowest BCUT2D eigenvalue weighted by atomic mass is 9.96. The van der Waals surface area contributed by atoms with Crippen molar-refractivity contribution in [1.29, 1.82) is 0 Å². The highest BCUT2D eigenvalue weighted by Crippen LogP contribution is 2.32. The molecule has 0 saturated carbocycles. The number of halogens is 2. The Morgan fingerprint density at radius 2 is 1.49 bits per heavy atom. The van der Waals surface area contributed by atoms with Crippen molar-refractivity contribution in [2.75, 3.05) is 57.8 Å². The van der Waals surface area contributed by atoms with Gasteiger partial charge in [-0.25, -0.2) is 9.97 Å². The summed E-state index contributed by atoms with van der Waals surface area (Å²) in [5.41, 5.74) is 6.13. The molecule has 1 aliphatic rings. The minimum atomic E-state index is 0.135. The third-order valence-electron chi connectivity index (χ3n) is 8.79. The average Bonchev–Trinajstić information content (AvgIpc) is 3.10. The number of aromatic nitrogens is 2. The van der Waals surface area contributed by atoms with Gasteiger partial charge in [-0.05, 0) is 88.7 Å². The van der Waals surface area contributed by atoms with Crippen molar-refractivity contribution in [3.05, 3.63) is 123 Å². The molecule has 1 aliphatic heterocycles. The number of hydrogen-bond donors (Lipinski definition) is 1. The first kappa shape index (κ1) is 38.1. The van der Waals surface area contributed by atoms with E-state index >= 15 is 0 Å². The number of likely N-dealkylation sites (N-methyl/N-ethyl adjacent to an activating group) is 1. The number of piperazine rings is 1. The Kier molecular flexibility index (Phi) is 15.1. The van der Waals surface area contributed by atoms with E-state index in [4.69, 9.17) is 33.2 Å². The van der Waals surface area contributed by atoms with Gasteiger partial charge in [-0.1, -0.05) is 82.9 Å². The fraction of sp³-hybridized carbons (Fsp3) is 0.366. The summed E-state index contributed by atoms with van der Waals surface area (Å²) in [5, 5.41) is 5.92. The summed E-state index contributed by atoms with van der Waals surface area (Å²) in [6.07, 6.45) is 10.1. The smallest absolute Gasteiger partial charge is 0.145 e. The minimum Gasteiger partial charge on any atom is -0.354 e. The first-order valence-electron chi connectivity index (χ1n) is 17.0. The van der Waals surface area contributed by atoms with Crippen molar-refractivity contribution in [2.24, 2.45) is 0 Å². The van der Waals surface area contributed by atoms with E-state index in [1.165, 1.54) is 22.3 Å². The van der Waals surface area contributed by atoms with Crippen molar-refractivity contribution >= 4 is 39.9 Å². The molecule has 0 atom stereocenters. The van der Waals surface area contributed by atoms with Gasteiger partial charge in [-0.15, -0.1) is 12.3 Å². The molecule has 8 heteroatoms. The lowest BCUT2D eigenvalue weighted by Crippen LogP contribution is -2.47. The first-order valence-corrected chi connectivity index (χ1v) is 17.8. The van der Waals surface area contributed by atoms with Gasteiger partial charge < -0.3 is 10.2 Å². The van der Waals surface area contributed by atoms with Crippen LogP contribution in [0.3, 0.4) is 0 Å². The van der Waals surface area contributed by atoms with Crippen molar-refractivity contribution in [1.82, 2.24) is 25.1 Å². The van der Waals surface area contributed by atoms with Gasteiger partial charge in [0.25, 0.3) is 0 Å². The number of allylic oxidation sites excluding steroid dienone is 3. The SMILES string of the molecule is C#CC.CNCCN(CC/C=C\C(C)=C(C)C)c1nc(CN2CCN(C(c3ccc(Cl)cc3)c3ccc(Cl)cc3)CC2)nc2ccccc12. The fourth-order valence-corrected chi connectivity index (χ4v) is 6.18. The van der Waals surface area contributed by atoms with Crippen molar-refractivity contribution in [3.8, 4) is 12.3 Å². The molecule has 0 radical (unpaired) electrons. The summed E-state index contributed by atoms with van der Waals surface area (Å²) in [7, 11) is 2.00. The van der Waals surface area contributed by atoms with Crippen molar-refractivity contribution in [3.63, 3.8) is 0 Å². The van der Waals surface area contributed by atoms with Crippen LogP contribution in [0.4, 0.5) is 5.82 Å². The Bertz CT molecular complexity index is 1670. The standard InChI is InChI=1S/C38H46Cl2N6.C3H4/c1-28(2)29(3)9-7-8-21-46(22-20-41-4)38-34-10-5-6-11-35(34)42-36(43-38)27-44-23-25-45(26-24-44)37(30-12-16-32(39)17-13-30)31-14-18-33(40)19-15-31;1-3-2/h5-7,9-19,37,41H,8,20-27H2,1-4H3;1H,2H3/b9-7-;. The van der Waals surface area contributed by atoms with Crippen LogP contribution in [-0.2, 0) is 6.54 Å². The summed E-state index contributed by atoms with van der Waals surface area (Å²) in [4.78, 5) is 17.7. The second-order valence-electron chi connectivity index (χ2n) is 12.6. The molecular formula is C41H50Cl2N6. The zero-order valence-electron chi connectivity index (χ0n) is 29.6. The van der Waals surface area contributed by atoms with Crippen LogP contribution in [0.2, 0.25) is 10.0 Å². The largest absolute Gasteiger partial charge is 0.354 e. The van der Waals surface area contributed by atoms with E-state index in [9.17, 15) is 0 Å². The molecule has 6 nitrogen and oxygen atoms in total. The topological polar surface area (TPSA) is 47.5 Å². The number of rotatable bonds is 13. The number of fused-ring (bicyclic) bond motifs is 1. The number of terminal acetylenes is 1. The van der Waals surface area contributed by atoms with Crippen LogP contribution in [0.1, 0.15) is 57.1 Å². The quantitative estimate of drug-likeness (QED) is 0.111. The highest BCUT2D eigenvalue weighted by molar-refractivity contribution is 6.30. The molecule has 1 fully saturated rings. The maximum absolute atomic E-state index is 6.25. The Balaban J connectivity index is 0.00000174. The monoisotopic (exact) mass is 696 g/mol. The third-order valence-corrected chi connectivity index (χ3v) is 9.30. The molecule has 4 aromatic rings. The van der Waals surface area contributed by atoms with Gasteiger partial charge in [0.1, 0.15) is 11.6 Å². The molecule has 1 N–H and O–H groups in total. The van der Waals surface area contributed by atoms with Crippen LogP contribution in [0.25, 0.3) is 10.9 Å². The molecule has 0 aliphatic carbocycles. The molecule has 258 valence electrons. The van der Waals surface area contributed by atoms with Crippen LogP contribution < -0.4 is 10.2 Å². The van der Waals surface area contributed by atoms with E-state index in [2.05, 4.69) is 114 Å². The number of nitrogens with zero attached hydrogens (tertiary/aromatic N) is 5. The third kappa shape index (κ3) is 11.2. The predicted molar refractivity (Wildman–Crippen MR) is 210 cm³/mol. The van der Waals surface area contributed by atoms with Gasteiger partial charge in [-0.2, -0.15) is 0 Å². The van der Waals surface area contributed by atoms with Gasteiger partial charge in [0.05, 0.1) is 18.1 Å². The molecule has 2 heterocycles. The Labute approximate surface area is 303 Å². The van der Waals surface area contributed by atoms with E-state index in [1.807, 2.05) is 31.3 Å². The van der Waals surface area contributed by atoms with Crippen LogP contribution >= 0.6 is 23.2 Å². The lowest BCUT2D eigenvalue weighted by Gasteiger charge is -2.39. The van der Waals surface area contributed by atoms with E-state index < -0.39 is 0 Å². The Morgan fingerprint density at radius 1 is 0.898 bits per heavy atom. The lowest BCUT2D eigenvalue weighted by molar-refractivity contribution is 0.103. The summed E-state index contributed by atoms with van der Waals surface area (Å²) >= 11 is 12.5. The van der Waals surface area contributed by atoms with Crippen LogP contribution in [0.5, 0.6) is 0 Å². The molecule has 0 unspecified atom stereocenters. The van der Waals surface area contributed by atoms with Crippen LogP contribution in [0.15, 0.2) is 96.1 Å². The highest BCUT2D eigenvalue weighted by Gasteiger charge is 2.27. The molecule has 49 heavy (non-hydrogen) atoms. The fourth-order valence-electron chi connectivity index (χ4n) is 5.93. The van der Waals surface area contributed by atoms with Crippen molar-refractivity contribution < 1.29 is 0 Å². The molecule has 0 amide bonds. The number of anilines is 1. The highest BCUT2D eigenvalue weighted by atomic mass is 35.5. The maximum atomic E-state index is 6.25. The van der Waals surface area contributed by atoms with Gasteiger partial charge in [-0.3, -0.25) is 9.80 Å². The Morgan fingerprint density at radius 3 is 2.06 bits per heavy atom. The second-order valence-corrected chi connectivity index (χ2v) is 13.4. The zero-order valence-corrected chi connectivity index (χ0v) is 31.1. The van der Waals surface area contributed by atoms with Crippen LogP contribution in [-0.4, -0.2) is 72.6 Å². The molecule has 0 spiro atoms. The van der Waals surface area contributed by atoms with E-state index in [-0.39, 0.29) is 6.04 Å². The summed E-state index contributed by atoms with van der Waals surface area (Å²) in [6, 6.07) is 25.0. The number of hydrogen-bond acceptors (Lipinski definition) is 6. The molecule has 0 bridgehead atoms. The van der Waals surface area contributed by atoms with Gasteiger partial charge in [0.15, 0.2) is 0 Å². The summed E-state index contributed by atoms with van der Waals surface area (Å²) in [6.45, 7) is 15.2. The molecule has 1 aromatic heterocycles. The minimum absolute atomic E-state index is 0.135. The molecular weight excluding hydrogens is 647 g/mol. The average molecular weight is 698 g/mol. The number of para-hydroxylation sites is 1. The number of nitrogens with one attached hydrogen (secondary N) is 1. The van der Waals surface area contributed by atoms with E-state index in [0.717, 1.165) is 91.4 Å². The summed E-state index contributed by atoms with van der Waals surface area (Å²) < 4.78 is 0. The summed E-state index contributed by atoms with van der Waals surface area (Å²) in [5.74, 6) is 4.15. The van der Waals surface area contributed by atoms with Gasteiger partial charge >= 0.3 is 0 Å². The molecule has 5 rings (SSSR count). The van der Waals surface area contributed by atoms with Gasteiger partial charge in [0.2, 0.25) is 0 Å². The number of benzene rings is 3. The maximum Gasteiger partial charge on any atom is 0.145 e. The van der Waals surface area contributed by atoms with E-state index in [0.29, 0.717) is 0 Å². The van der Waals surface area contributed by atoms with Crippen LogP contribution in [0, 0.1) is 12.3 Å².